The Balaban J connectivity index is 2.57. The number of nitrogens with one attached hydrogen (secondary N) is 1. The van der Waals surface area contributed by atoms with E-state index >= 15 is 0 Å². The third-order valence-corrected chi connectivity index (χ3v) is 2.20. The molecular formula is C13H20N2O3. The van der Waals surface area contributed by atoms with Crippen molar-refractivity contribution in [2.45, 2.75) is 39.2 Å². The van der Waals surface area contributed by atoms with E-state index in [9.17, 15) is 4.79 Å². The minimum atomic E-state index is -0.0925. The van der Waals surface area contributed by atoms with Crippen LogP contribution in [0.1, 0.15) is 33.1 Å². The molecule has 5 nitrogen and oxygen atoms in total. The second kappa shape index (κ2) is 7.66. The summed E-state index contributed by atoms with van der Waals surface area (Å²) >= 11 is 0. The van der Waals surface area contributed by atoms with Crippen molar-refractivity contribution in [3.05, 3.63) is 18.3 Å². The van der Waals surface area contributed by atoms with Crippen molar-refractivity contribution in [1.82, 2.24) is 4.98 Å². The van der Waals surface area contributed by atoms with Crippen LogP contribution in [0.4, 0.5) is 5.69 Å². The first-order chi connectivity index (χ1) is 8.63. The average molecular weight is 252 g/mol. The van der Waals surface area contributed by atoms with E-state index in [1.807, 2.05) is 13.8 Å². The Morgan fingerprint density at radius 1 is 1.50 bits per heavy atom. The molecule has 0 spiro atoms. The monoisotopic (exact) mass is 252 g/mol. The number of aromatic nitrogens is 1. The molecule has 1 amide bonds. The lowest BCUT2D eigenvalue weighted by Gasteiger charge is -2.13. The van der Waals surface area contributed by atoms with Crippen LogP contribution in [0.2, 0.25) is 0 Å². The van der Waals surface area contributed by atoms with Gasteiger partial charge in [0.1, 0.15) is 5.69 Å². The highest BCUT2D eigenvalue weighted by atomic mass is 16.5. The van der Waals surface area contributed by atoms with Gasteiger partial charge in [-0.3, -0.25) is 4.79 Å². The summed E-state index contributed by atoms with van der Waals surface area (Å²) in [5, 5.41) is 11.4. The lowest BCUT2D eigenvalue weighted by atomic mass is 10.2. The third-order valence-electron chi connectivity index (χ3n) is 2.20. The number of amides is 1. The molecule has 0 saturated carbocycles. The Morgan fingerprint density at radius 2 is 2.28 bits per heavy atom. The van der Waals surface area contributed by atoms with E-state index in [4.69, 9.17) is 9.84 Å². The van der Waals surface area contributed by atoms with Crippen molar-refractivity contribution in [2.24, 2.45) is 0 Å². The molecule has 0 aliphatic rings. The predicted molar refractivity (Wildman–Crippen MR) is 69.6 cm³/mol. The van der Waals surface area contributed by atoms with Crippen molar-refractivity contribution in [3.8, 4) is 5.88 Å². The summed E-state index contributed by atoms with van der Waals surface area (Å²) in [5.74, 6) is 0.341. The standard InChI is InChI=1S/C13H20N2O3/c1-10(2)18-13-11(6-5-8-14-13)15-12(17)7-3-4-9-16/h5-6,8,10,16H,3-4,7,9H2,1-2H3,(H,15,17). The molecule has 0 aliphatic carbocycles. The van der Waals surface area contributed by atoms with E-state index in [1.165, 1.54) is 0 Å². The molecule has 0 saturated heterocycles. The van der Waals surface area contributed by atoms with E-state index in [1.54, 1.807) is 18.3 Å². The maximum Gasteiger partial charge on any atom is 0.238 e. The molecular weight excluding hydrogens is 232 g/mol. The first-order valence-electron chi connectivity index (χ1n) is 6.16. The molecule has 2 N–H and O–H groups in total. The van der Waals surface area contributed by atoms with Crippen molar-refractivity contribution in [2.75, 3.05) is 11.9 Å². The van der Waals surface area contributed by atoms with Gasteiger partial charge >= 0.3 is 0 Å². The van der Waals surface area contributed by atoms with Gasteiger partial charge in [-0.05, 0) is 38.8 Å². The van der Waals surface area contributed by atoms with Gasteiger partial charge in [0.2, 0.25) is 11.8 Å². The zero-order chi connectivity index (χ0) is 13.4. The van der Waals surface area contributed by atoms with Crippen molar-refractivity contribution < 1.29 is 14.6 Å². The van der Waals surface area contributed by atoms with Gasteiger partial charge in [-0.2, -0.15) is 0 Å². The maximum absolute atomic E-state index is 11.6. The van der Waals surface area contributed by atoms with Crippen LogP contribution in [0.3, 0.4) is 0 Å². The molecule has 0 aromatic carbocycles. The molecule has 0 unspecified atom stereocenters. The van der Waals surface area contributed by atoms with Gasteiger partial charge in [-0.15, -0.1) is 0 Å². The van der Waals surface area contributed by atoms with Gasteiger partial charge in [0, 0.05) is 19.2 Å². The summed E-state index contributed by atoms with van der Waals surface area (Å²) in [4.78, 5) is 15.7. The molecule has 5 heteroatoms. The van der Waals surface area contributed by atoms with Crippen LogP contribution in [0.5, 0.6) is 5.88 Å². The first kappa shape index (κ1) is 14.4. The minimum absolute atomic E-state index is 0.00457. The van der Waals surface area contributed by atoms with Crippen molar-refractivity contribution in [1.29, 1.82) is 0 Å². The number of nitrogens with zero attached hydrogens (tertiary/aromatic N) is 1. The number of unbranched alkanes of at least 4 members (excludes halogenated alkanes) is 1. The van der Waals surface area contributed by atoms with Gasteiger partial charge in [-0.1, -0.05) is 0 Å². The topological polar surface area (TPSA) is 71.5 Å². The molecule has 1 heterocycles. The highest BCUT2D eigenvalue weighted by Gasteiger charge is 2.09. The summed E-state index contributed by atoms with van der Waals surface area (Å²) in [6.45, 7) is 3.92. The van der Waals surface area contributed by atoms with E-state index in [-0.39, 0.29) is 18.6 Å². The summed E-state index contributed by atoms with van der Waals surface area (Å²) in [5.41, 5.74) is 0.584. The second-order valence-electron chi connectivity index (χ2n) is 4.25. The van der Waals surface area contributed by atoms with Gasteiger partial charge in [-0.25, -0.2) is 4.98 Å². The number of rotatable bonds is 7. The SMILES string of the molecule is CC(C)Oc1ncccc1NC(=O)CCCCO. The van der Waals surface area contributed by atoms with Crippen LogP contribution in [0.25, 0.3) is 0 Å². The molecule has 1 aromatic rings. The molecule has 0 fully saturated rings. The lowest BCUT2D eigenvalue weighted by Crippen LogP contribution is -2.14. The lowest BCUT2D eigenvalue weighted by molar-refractivity contribution is -0.116. The molecule has 100 valence electrons. The van der Waals surface area contributed by atoms with Crippen LogP contribution >= 0.6 is 0 Å². The highest BCUT2D eigenvalue weighted by molar-refractivity contribution is 5.91. The molecule has 1 aromatic heterocycles. The van der Waals surface area contributed by atoms with E-state index in [0.717, 1.165) is 0 Å². The second-order valence-corrected chi connectivity index (χ2v) is 4.25. The third kappa shape index (κ3) is 5.14. The van der Waals surface area contributed by atoms with Gasteiger partial charge in [0.15, 0.2) is 0 Å². The normalized spacial score (nSPS) is 10.4. The van der Waals surface area contributed by atoms with Crippen LogP contribution in [-0.2, 0) is 4.79 Å². The number of aliphatic hydroxyl groups excluding tert-OH is 1. The van der Waals surface area contributed by atoms with Crippen molar-refractivity contribution >= 4 is 11.6 Å². The van der Waals surface area contributed by atoms with Crippen LogP contribution in [-0.4, -0.2) is 28.7 Å². The van der Waals surface area contributed by atoms with Gasteiger partial charge in [0.05, 0.1) is 6.10 Å². The van der Waals surface area contributed by atoms with E-state index in [2.05, 4.69) is 10.3 Å². The minimum Gasteiger partial charge on any atom is -0.473 e. The fraction of sp³-hybridized carbons (Fsp3) is 0.538. The summed E-state index contributed by atoms with van der Waals surface area (Å²) in [6.07, 6.45) is 3.32. The summed E-state index contributed by atoms with van der Waals surface area (Å²) in [6, 6.07) is 3.51. The van der Waals surface area contributed by atoms with E-state index in [0.29, 0.717) is 30.8 Å². The molecule has 0 bridgehead atoms. The molecule has 0 aliphatic heterocycles. The number of hydrogen-bond acceptors (Lipinski definition) is 4. The molecule has 1 rings (SSSR count). The fourth-order valence-corrected chi connectivity index (χ4v) is 1.41. The smallest absolute Gasteiger partial charge is 0.238 e. The number of carbonyl (C=O) groups excluding carboxylic acids is 1. The molecule has 18 heavy (non-hydrogen) atoms. The highest BCUT2D eigenvalue weighted by Crippen LogP contribution is 2.21. The van der Waals surface area contributed by atoms with Crippen LogP contribution < -0.4 is 10.1 Å². The van der Waals surface area contributed by atoms with Gasteiger partial charge < -0.3 is 15.2 Å². The number of hydrogen-bond donors (Lipinski definition) is 2. The number of pyridine rings is 1. The summed E-state index contributed by atoms with van der Waals surface area (Å²) in [7, 11) is 0. The molecule has 0 atom stereocenters. The zero-order valence-electron chi connectivity index (χ0n) is 10.8. The number of anilines is 1. The maximum atomic E-state index is 11.6. The van der Waals surface area contributed by atoms with Crippen LogP contribution in [0, 0.1) is 0 Å². The van der Waals surface area contributed by atoms with Crippen molar-refractivity contribution in [3.63, 3.8) is 0 Å². The average Bonchev–Trinajstić information content (AvgIpc) is 2.31. The largest absolute Gasteiger partial charge is 0.473 e. The summed E-state index contributed by atoms with van der Waals surface area (Å²) < 4.78 is 5.51. The Kier molecular flexibility index (Phi) is 6.14. The number of ether oxygens (including phenoxy) is 1. The Bertz CT molecular complexity index is 380. The Morgan fingerprint density at radius 3 is 2.94 bits per heavy atom. The fourth-order valence-electron chi connectivity index (χ4n) is 1.41. The zero-order valence-corrected chi connectivity index (χ0v) is 10.8. The Hall–Kier alpha value is -1.62. The number of carbonyl (C=O) groups is 1. The van der Waals surface area contributed by atoms with Gasteiger partial charge in [0.25, 0.3) is 0 Å². The number of aliphatic hydroxyl groups is 1. The first-order valence-corrected chi connectivity index (χ1v) is 6.16. The Labute approximate surface area is 107 Å². The van der Waals surface area contributed by atoms with Crippen LogP contribution in [0.15, 0.2) is 18.3 Å². The predicted octanol–water partition coefficient (Wildman–Crippen LogP) is 1.97. The quantitative estimate of drug-likeness (QED) is 0.728. The van der Waals surface area contributed by atoms with E-state index < -0.39 is 0 Å². The molecule has 0 radical (unpaired) electrons.